The van der Waals surface area contributed by atoms with Crippen molar-refractivity contribution >= 4 is 11.3 Å². The molecule has 0 bridgehead atoms. The van der Waals surface area contributed by atoms with E-state index >= 15 is 0 Å². The molecule has 2 nitrogen and oxygen atoms in total. The summed E-state index contributed by atoms with van der Waals surface area (Å²) in [6.07, 6.45) is 1.93. The average Bonchev–Trinajstić information content (AvgIpc) is 2.16. The highest BCUT2D eigenvalue weighted by Crippen LogP contribution is 2.21. The first kappa shape index (κ1) is 10.8. The largest absolute Gasteiger partial charge is 0.397 e. The van der Waals surface area contributed by atoms with Crippen molar-refractivity contribution in [3.05, 3.63) is 29.6 Å². The number of rotatable bonds is 3. The molecule has 0 unspecified atom stereocenters. The van der Waals surface area contributed by atoms with Crippen LogP contribution in [0.1, 0.15) is 37.7 Å². The number of nitrogen functional groups attached to an aromatic ring is 1. The van der Waals surface area contributed by atoms with E-state index in [0.29, 0.717) is 0 Å². The van der Waals surface area contributed by atoms with Crippen LogP contribution in [0.3, 0.4) is 0 Å². The second-order valence-corrected chi connectivity index (χ2v) is 3.52. The number of nitrogens with two attached hydrogens (primary N) is 1. The normalized spacial score (nSPS) is 10.2. The zero-order valence-electron chi connectivity index (χ0n) is 9.22. The maximum absolute atomic E-state index is 5.90. The second kappa shape index (κ2) is 4.27. The summed E-state index contributed by atoms with van der Waals surface area (Å²) in [5.74, 6) is 0. The van der Waals surface area contributed by atoms with E-state index in [1.54, 1.807) is 0 Å². The van der Waals surface area contributed by atoms with Crippen molar-refractivity contribution in [1.29, 1.82) is 0 Å². The number of hydrogen-bond acceptors (Lipinski definition) is 2. The van der Waals surface area contributed by atoms with Gasteiger partial charge in [0.2, 0.25) is 0 Å². The van der Waals surface area contributed by atoms with Gasteiger partial charge in [-0.15, -0.1) is 0 Å². The number of anilines is 1. The Labute approximate surface area is 85.9 Å². The number of nitrogens with zero attached hydrogens (tertiary/aromatic N) is 1. The summed E-state index contributed by atoms with van der Waals surface area (Å²) in [6.45, 7) is 10.0. The lowest BCUT2D eigenvalue weighted by Gasteiger charge is -2.10. The molecule has 1 aromatic heterocycles. The van der Waals surface area contributed by atoms with Crippen molar-refractivity contribution in [2.24, 2.45) is 0 Å². The highest BCUT2D eigenvalue weighted by atomic mass is 14.8. The highest BCUT2D eigenvalue weighted by Gasteiger charge is 2.07. The predicted octanol–water partition coefficient (Wildman–Crippen LogP) is 2.82. The van der Waals surface area contributed by atoms with E-state index in [0.717, 1.165) is 35.5 Å². The van der Waals surface area contributed by atoms with Crippen LogP contribution < -0.4 is 5.73 Å². The summed E-state index contributed by atoms with van der Waals surface area (Å²) in [5.41, 5.74) is 10.8. The van der Waals surface area contributed by atoms with Gasteiger partial charge in [-0.25, -0.2) is 0 Å². The lowest BCUT2D eigenvalue weighted by atomic mass is 10.1. The summed E-state index contributed by atoms with van der Waals surface area (Å²) >= 11 is 0. The van der Waals surface area contributed by atoms with Gasteiger partial charge in [0.25, 0.3) is 0 Å². The van der Waals surface area contributed by atoms with Crippen LogP contribution >= 0.6 is 0 Å². The maximum Gasteiger partial charge on any atom is 0.0885 e. The molecule has 0 amide bonds. The van der Waals surface area contributed by atoms with Crippen LogP contribution in [0, 0.1) is 0 Å². The molecule has 0 saturated carbocycles. The minimum absolute atomic E-state index is 0.742. The van der Waals surface area contributed by atoms with Gasteiger partial charge in [-0.1, -0.05) is 20.4 Å². The van der Waals surface area contributed by atoms with Gasteiger partial charge in [-0.2, -0.15) is 0 Å². The fraction of sp³-hybridized carbons (Fsp3) is 0.417. The number of aryl methyl sites for hydroxylation is 2. The lowest BCUT2D eigenvalue weighted by Crippen LogP contribution is -2.03. The van der Waals surface area contributed by atoms with Gasteiger partial charge >= 0.3 is 0 Å². The molecule has 0 spiro atoms. The minimum Gasteiger partial charge on any atom is -0.397 e. The Balaban J connectivity index is 3.30. The van der Waals surface area contributed by atoms with Crippen LogP contribution in [0.5, 0.6) is 0 Å². The molecule has 0 saturated heterocycles. The first-order valence-electron chi connectivity index (χ1n) is 5.04. The molecule has 0 radical (unpaired) electrons. The van der Waals surface area contributed by atoms with Crippen molar-refractivity contribution in [2.45, 2.75) is 33.6 Å². The van der Waals surface area contributed by atoms with Gasteiger partial charge in [-0.3, -0.25) is 4.98 Å². The van der Waals surface area contributed by atoms with Crippen molar-refractivity contribution in [3.8, 4) is 0 Å². The Kier molecular flexibility index (Phi) is 3.28. The van der Waals surface area contributed by atoms with Crippen molar-refractivity contribution in [2.75, 3.05) is 5.73 Å². The zero-order chi connectivity index (χ0) is 10.7. The monoisotopic (exact) mass is 190 g/mol. The Hall–Kier alpha value is -1.31. The van der Waals surface area contributed by atoms with Crippen molar-refractivity contribution in [1.82, 2.24) is 4.98 Å². The number of pyridine rings is 1. The molecule has 1 aromatic rings. The molecule has 0 aliphatic heterocycles. The fourth-order valence-electron chi connectivity index (χ4n) is 1.56. The van der Waals surface area contributed by atoms with E-state index in [2.05, 4.69) is 25.4 Å². The van der Waals surface area contributed by atoms with E-state index in [-0.39, 0.29) is 0 Å². The van der Waals surface area contributed by atoms with Crippen LogP contribution in [0.25, 0.3) is 5.57 Å². The molecule has 0 atom stereocenters. The quantitative estimate of drug-likeness (QED) is 0.796. The number of allylic oxidation sites excluding steroid dienone is 1. The predicted molar refractivity (Wildman–Crippen MR) is 62.1 cm³/mol. The summed E-state index contributed by atoms with van der Waals surface area (Å²) in [4.78, 5) is 4.54. The second-order valence-electron chi connectivity index (χ2n) is 3.52. The maximum atomic E-state index is 5.90. The zero-order valence-corrected chi connectivity index (χ0v) is 9.22. The Bertz CT molecular complexity index is 354. The molecule has 2 heteroatoms. The molecule has 2 N–H and O–H groups in total. The van der Waals surface area contributed by atoms with Crippen LogP contribution in [-0.2, 0) is 12.8 Å². The van der Waals surface area contributed by atoms with E-state index < -0.39 is 0 Å². The van der Waals surface area contributed by atoms with Crippen LogP contribution in [-0.4, -0.2) is 4.98 Å². The van der Waals surface area contributed by atoms with Gasteiger partial charge < -0.3 is 5.73 Å². The average molecular weight is 190 g/mol. The molecular formula is C12H18N2. The Morgan fingerprint density at radius 2 is 2.07 bits per heavy atom. The van der Waals surface area contributed by atoms with Crippen molar-refractivity contribution < 1.29 is 0 Å². The molecule has 0 aliphatic carbocycles. The SMILES string of the molecule is C=C(C)c1nc(CC)c(CC)cc1N. The molecule has 0 fully saturated rings. The lowest BCUT2D eigenvalue weighted by molar-refractivity contribution is 0.959. The highest BCUT2D eigenvalue weighted by molar-refractivity contribution is 5.69. The Morgan fingerprint density at radius 1 is 1.43 bits per heavy atom. The van der Waals surface area contributed by atoms with Gasteiger partial charge in [0.05, 0.1) is 11.4 Å². The first-order valence-corrected chi connectivity index (χ1v) is 5.04. The molecule has 1 rings (SSSR count). The van der Waals surface area contributed by atoms with Crippen LogP contribution in [0.15, 0.2) is 12.6 Å². The smallest absolute Gasteiger partial charge is 0.0885 e. The third kappa shape index (κ3) is 1.95. The molecule has 14 heavy (non-hydrogen) atoms. The van der Waals surface area contributed by atoms with E-state index in [9.17, 15) is 0 Å². The van der Waals surface area contributed by atoms with Crippen LogP contribution in [0.2, 0.25) is 0 Å². The van der Waals surface area contributed by atoms with Crippen molar-refractivity contribution in [3.63, 3.8) is 0 Å². The summed E-state index contributed by atoms with van der Waals surface area (Å²) in [7, 11) is 0. The van der Waals surface area contributed by atoms with Gasteiger partial charge in [0.15, 0.2) is 0 Å². The van der Waals surface area contributed by atoms with Crippen LogP contribution in [0.4, 0.5) is 5.69 Å². The number of aromatic nitrogens is 1. The summed E-state index contributed by atoms with van der Waals surface area (Å²) in [5, 5.41) is 0. The standard InChI is InChI=1S/C12H18N2/c1-5-9-7-10(13)12(8(3)4)14-11(9)6-2/h7H,3,5-6,13H2,1-2,4H3. The molecule has 0 aliphatic rings. The number of hydrogen-bond donors (Lipinski definition) is 1. The summed E-state index contributed by atoms with van der Waals surface area (Å²) < 4.78 is 0. The van der Waals surface area contributed by atoms with Gasteiger partial charge in [0.1, 0.15) is 0 Å². The van der Waals surface area contributed by atoms with Gasteiger partial charge in [0, 0.05) is 5.69 Å². The van der Waals surface area contributed by atoms with E-state index in [1.165, 1.54) is 5.56 Å². The van der Waals surface area contributed by atoms with E-state index in [4.69, 9.17) is 5.73 Å². The molecule has 0 aromatic carbocycles. The molecule has 76 valence electrons. The first-order chi connectivity index (χ1) is 6.60. The minimum atomic E-state index is 0.742. The third-order valence-corrected chi connectivity index (χ3v) is 2.34. The fourth-order valence-corrected chi connectivity index (χ4v) is 1.56. The Morgan fingerprint density at radius 3 is 2.50 bits per heavy atom. The topological polar surface area (TPSA) is 38.9 Å². The summed E-state index contributed by atoms with van der Waals surface area (Å²) in [6, 6.07) is 2.02. The third-order valence-electron chi connectivity index (χ3n) is 2.34. The molecule has 1 heterocycles. The molecular weight excluding hydrogens is 172 g/mol. The van der Waals surface area contributed by atoms with E-state index in [1.807, 2.05) is 13.0 Å². The van der Waals surface area contributed by atoms with Gasteiger partial charge in [-0.05, 0) is 37.0 Å².